The van der Waals surface area contributed by atoms with Crippen molar-refractivity contribution in [3.63, 3.8) is 0 Å². The Morgan fingerprint density at radius 3 is 2.03 bits per heavy atom. The molecule has 3 aromatic rings. The largest absolute Gasteiger partial charge is 0.478 e. The summed E-state index contributed by atoms with van der Waals surface area (Å²) in [4.78, 5) is 38.9. The molecule has 1 N–H and O–H groups in total. The summed E-state index contributed by atoms with van der Waals surface area (Å²) in [7, 11) is 0. The Labute approximate surface area is 189 Å². The number of carbonyl (C=O) groups excluding carboxylic acids is 2. The summed E-state index contributed by atoms with van der Waals surface area (Å²) in [6, 6.07) is 22.5. The molecule has 0 radical (unpaired) electrons. The van der Waals surface area contributed by atoms with Gasteiger partial charge < -0.3 is 14.6 Å². The molecule has 3 aromatic carbocycles. The van der Waals surface area contributed by atoms with Crippen LogP contribution in [0.2, 0.25) is 0 Å². The lowest BCUT2D eigenvalue weighted by atomic mass is 9.70. The van der Waals surface area contributed by atoms with Crippen LogP contribution in [0.15, 0.2) is 102 Å². The maximum atomic E-state index is 13.8. The molecular formula is C27H18O6. The molecule has 2 aliphatic rings. The number of rotatable bonds is 5. The van der Waals surface area contributed by atoms with Crippen LogP contribution in [0.3, 0.4) is 0 Å². The predicted molar refractivity (Wildman–Crippen MR) is 119 cm³/mol. The van der Waals surface area contributed by atoms with Crippen molar-refractivity contribution in [3.8, 4) is 17.2 Å². The highest BCUT2D eigenvalue weighted by Crippen LogP contribution is 2.43. The van der Waals surface area contributed by atoms with Crippen LogP contribution in [-0.4, -0.2) is 22.6 Å². The number of carbonyl (C=O) groups is 3. The van der Waals surface area contributed by atoms with E-state index in [0.29, 0.717) is 11.5 Å². The van der Waals surface area contributed by atoms with Gasteiger partial charge in [0.2, 0.25) is 0 Å². The number of hydrogen-bond acceptors (Lipinski definition) is 5. The highest BCUT2D eigenvalue weighted by Gasteiger charge is 2.47. The molecule has 2 aliphatic carbocycles. The van der Waals surface area contributed by atoms with E-state index in [1.807, 2.05) is 24.3 Å². The third-order valence-electron chi connectivity index (χ3n) is 5.64. The number of ketones is 2. The van der Waals surface area contributed by atoms with E-state index in [0.717, 1.165) is 0 Å². The summed E-state index contributed by atoms with van der Waals surface area (Å²) in [6.07, 6.45) is 2.64. The summed E-state index contributed by atoms with van der Waals surface area (Å²) in [6.45, 7) is 0. The summed E-state index contributed by atoms with van der Waals surface area (Å²) in [5.41, 5.74) is 0.280. The monoisotopic (exact) mass is 438 g/mol. The molecule has 0 heterocycles. The normalized spacial score (nSPS) is 19.0. The van der Waals surface area contributed by atoms with Crippen molar-refractivity contribution >= 4 is 17.5 Å². The molecule has 5 rings (SSSR count). The zero-order chi connectivity index (χ0) is 22.9. The zero-order valence-corrected chi connectivity index (χ0v) is 17.3. The second-order valence-electron chi connectivity index (χ2n) is 7.71. The topological polar surface area (TPSA) is 89.9 Å². The second kappa shape index (κ2) is 8.24. The molecule has 0 spiro atoms. The van der Waals surface area contributed by atoms with Gasteiger partial charge in [0.1, 0.15) is 23.0 Å². The van der Waals surface area contributed by atoms with Crippen LogP contribution >= 0.6 is 0 Å². The predicted octanol–water partition coefficient (Wildman–Crippen LogP) is 5.08. The van der Waals surface area contributed by atoms with E-state index in [4.69, 9.17) is 9.47 Å². The van der Waals surface area contributed by atoms with Crippen LogP contribution in [-0.2, 0) is 4.79 Å². The van der Waals surface area contributed by atoms with Crippen LogP contribution in [0.4, 0.5) is 0 Å². The van der Waals surface area contributed by atoms with Crippen molar-refractivity contribution < 1.29 is 29.0 Å². The van der Waals surface area contributed by atoms with Gasteiger partial charge in [0.25, 0.3) is 0 Å². The Hall–Kier alpha value is -4.45. The van der Waals surface area contributed by atoms with Crippen LogP contribution in [0.5, 0.6) is 17.2 Å². The van der Waals surface area contributed by atoms with Crippen LogP contribution < -0.4 is 9.47 Å². The van der Waals surface area contributed by atoms with Crippen molar-refractivity contribution in [3.05, 3.63) is 113 Å². The average molecular weight is 438 g/mol. The highest BCUT2D eigenvalue weighted by atomic mass is 16.5. The van der Waals surface area contributed by atoms with Crippen molar-refractivity contribution in [1.82, 2.24) is 0 Å². The number of fused-ring (bicyclic) bond motifs is 2. The molecule has 0 saturated heterocycles. The van der Waals surface area contributed by atoms with Gasteiger partial charge in [0.15, 0.2) is 11.6 Å². The third-order valence-corrected chi connectivity index (χ3v) is 5.64. The lowest BCUT2D eigenvalue weighted by Gasteiger charge is -2.33. The van der Waals surface area contributed by atoms with Gasteiger partial charge in [-0.2, -0.15) is 0 Å². The van der Waals surface area contributed by atoms with Crippen LogP contribution in [0.1, 0.15) is 20.7 Å². The molecule has 0 amide bonds. The molecule has 6 nitrogen and oxygen atoms in total. The fourth-order valence-corrected chi connectivity index (χ4v) is 4.15. The Morgan fingerprint density at radius 2 is 1.39 bits per heavy atom. The minimum Gasteiger partial charge on any atom is -0.478 e. The second-order valence-corrected chi connectivity index (χ2v) is 7.71. The molecular weight excluding hydrogens is 420 g/mol. The first kappa shape index (κ1) is 20.5. The molecule has 33 heavy (non-hydrogen) atoms. The number of aliphatic carboxylic acids is 1. The van der Waals surface area contributed by atoms with Crippen molar-refractivity contribution in [2.24, 2.45) is 11.8 Å². The maximum absolute atomic E-state index is 13.8. The van der Waals surface area contributed by atoms with Gasteiger partial charge in [-0.1, -0.05) is 54.6 Å². The fourth-order valence-electron chi connectivity index (χ4n) is 4.15. The highest BCUT2D eigenvalue weighted by molar-refractivity contribution is 6.19. The Balaban J connectivity index is 1.61. The fraction of sp³-hybridized carbons (Fsp3) is 0.0741. The van der Waals surface area contributed by atoms with E-state index in [1.54, 1.807) is 54.6 Å². The molecule has 0 aromatic heterocycles. The minimum absolute atomic E-state index is 0.0940. The number of carboxylic acid groups (broad SMARTS) is 1. The average Bonchev–Trinajstić information content (AvgIpc) is 2.83. The van der Waals surface area contributed by atoms with E-state index >= 15 is 0 Å². The standard InChI is InChI=1S/C27H18O6/c28-25-19-12-7-13-21(32-17-8-3-1-4-9-17)23(19)26(29)24-20(25)14-16(27(30)31)15-22(24)33-18-10-5-2-6-11-18/h1-15,20,24H,(H,30,31). The lowest BCUT2D eigenvalue weighted by molar-refractivity contribution is -0.132. The van der Waals surface area contributed by atoms with E-state index in [1.165, 1.54) is 12.2 Å². The number of para-hydroxylation sites is 2. The van der Waals surface area contributed by atoms with Gasteiger partial charge in [0.05, 0.1) is 23.0 Å². The quantitative estimate of drug-likeness (QED) is 0.598. The third kappa shape index (κ3) is 3.72. The molecule has 0 fully saturated rings. The lowest BCUT2D eigenvalue weighted by Crippen LogP contribution is -2.40. The van der Waals surface area contributed by atoms with Gasteiger partial charge >= 0.3 is 5.97 Å². The number of hydrogen-bond donors (Lipinski definition) is 1. The Morgan fingerprint density at radius 1 is 0.758 bits per heavy atom. The van der Waals surface area contributed by atoms with E-state index in [2.05, 4.69) is 0 Å². The van der Waals surface area contributed by atoms with Crippen LogP contribution in [0.25, 0.3) is 0 Å². The van der Waals surface area contributed by atoms with E-state index < -0.39 is 17.8 Å². The van der Waals surface area contributed by atoms with Gasteiger partial charge in [-0.05, 0) is 36.4 Å². The maximum Gasteiger partial charge on any atom is 0.335 e. The molecule has 6 heteroatoms. The number of benzene rings is 3. The molecule has 0 aliphatic heterocycles. The van der Waals surface area contributed by atoms with Crippen molar-refractivity contribution in [1.29, 1.82) is 0 Å². The number of Topliss-reactive ketones (excluding diaryl/α,β-unsaturated/α-hetero) is 2. The first-order valence-corrected chi connectivity index (χ1v) is 10.4. The Kier molecular flexibility index (Phi) is 5.11. The SMILES string of the molecule is O=C(O)C1=CC2C(=O)c3cccc(Oc4ccccc4)c3C(=O)C2C(Oc2ccccc2)=C1. The summed E-state index contributed by atoms with van der Waals surface area (Å²) in [5, 5.41) is 9.58. The van der Waals surface area contributed by atoms with Crippen molar-refractivity contribution in [2.45, 2.75) is 0 Å². The number of carboxylic acids is 1. The molecule has 2 unspecified atom stereocenters. The minimum atomic E-state index is -1.20. The molecule has 0 saturated carbocycles. The first-order valence-electron chi connectivity index (χ1n) is 10.4. The molecule has 2 atom stereocenters. The van der Waals surface area contributed by atoms with E-state index in [9.17, 15) is 19.5 Å². The zero-order valence-electron chi connectivity index (χ0n) is 17.3. The van der Waals surface area contributed by atoms with Gasteiger partial charge in [0, 0.05) is 5.56 Å². The van der Waals surface area contributed by atoms with E-state index in [-0.39, 0.29) is 39.8 Å². The molecule has 0 bridgehead atoms. The van der Waals surface area contributed by atoms with Gasteiger partial charge in [-0.3, -0.25) is 9.59 Å². The summed E-state index contributed by atoms with van der Waals surface area (Å²) in [5.74, 6) is -2.53. The van der Waals surface area contributed by atoms with Gasteiger partial charge in [-0.25, -0.2) is 4.79 Å². The van der Waals surface area contributed by atoms with Crippen LogP contribution in [0, 0.1) is 11.8 Å². The molecule has 162 valence electrons. The number of ether oxygens (including phenoxy) is 2. The Bertz CT molecular complexity index is 1320. The van der Waals surface area contributed by atoms with Gasteiger partial charge in [-0.15, -0.1) is 0 Å². The summed E-state index contributed by atoms with van der Waals surface area (Å²) >= 11 is 0. The van der Waals surface area contributed by atoms with Crippen molar-refractivity contribution in [2.75, 3.05) is 0 Å². The smallest absolute Gasteiger partial charge is 0.335 e. The number of allylic oxidation sites excluding steroid dienone is 2. The summed E-state index contributed by atoms with van der Waals surface area (Å²) < 4.78 is 11.9. The first-order chi connectivity index (χ1) is 16.0.